The maximum absolute atomic E-state index is 5.79. The van der Waals surface area contributed by atoms with Crippen molar-refractivity contribution in [1.82, 2.24) is 9.78 Å². The fourth-order valence-electron chi connectivity index (χ4n) is 2.32. The average molecular weight is 295 g/mol. The van der Waals surface area contributed by atoms with Crippen molar-refractivity contribution in [3.05, 3.63) is 28.4 Å². The highest BCUT2D eigenvalue weighted by molar-refractivity contribution is 9.10. The summed E-state index contributed by atoms with van der Waals surface area (Å²) in [6, 6.07) is 4.29. The van der Waals surface area contributed by atoms with Crippen molar-refractivity contribution in [3.8, 4) is 0 Å². The van der Waals surface area contributed by atoms with Crippen molar-refractivity contribution in [3.63, 3.8) is 0 Å². The van der Waals surface area contributed by atoms with Gasteiger partial charge in [-0.05, 0) is 43.9 Å². The molecule has 2 heterocycles. The summed E-state index contributed by atoms with van der Waals surface area (Å²) in [4.78, 5) is 0. The Balaban J connectivity index is 2.07. The molecule has 3 rings (SSSR count). The smallest absolute Gasteiger partial charge is 0.150 e. The maximum atomic E-state index is 5.79. The Labute approximate surface area is 109 Å². The van der Waals surface area contributed by atoms with Gasteiger partial charge in [0.05, 0.1) is 11.7 Å². The van der Waals surface area contributed by atoms with Crippen molar-refractivity contribution in [2.45, 2.75) is 32.4 Å². The van der Waals surface area contributed by atoms with Crippen LogP contribution in [0.1, 0.15) is 31.1 Å². The van der Waals surface area contributed by atoms with Crippen molar-refractivity contribution in [2.24, 2.45) is 0 Å². The average Bonchev–Trinajstić information content (AvgIpc) is 2.74. The summed E-state index contributed by atoms with van der Waals surface area (Å²) in [6.45, 7) is 2.95. The first-order valence-corrected chi connectivity index (χ1v) is 6.80. The second-order valence-corrected chi connectivity index (χ2v) is 5.42. The molecule has 0 saturated carbocycles. The first kappa shape index (κ1) is 11.2. The van der Waals surface area contributed by atoms with E-state index in [1.54, 1.807) is 0 Å². The van der Waals surface area contributed by atoms with Crippen molar-refractivity contribution < 1.29 is 4.74 Å². The van der Waals surface area contributed by atoms with Crippen LogP contribution in [0.25, 0.3) is 10.9 Å². The minimum absolute atomic E-state index is 0.113. The van der Waals surface area contributed by atoms with Crippen LogP contribution in [0.2, 0.25) is 0 Å². The molecule has 1 aliphatic rings. The molecule has 0 amide bonds. The lowest BCUT2D eigenvalue weighted by molar-refractivity contribution is -0.0366. The minimum Gasteiger partial charge on any atom is -0.356 e. The number of aromatic nitrogens is 2. The van der Waals surface area contributed by atoms with E-state index in [1.807, 2.05) is 10.9 Å². The van der Waals surface area contributed by atoms with Crippen molar-refractivity contribution in [1.29, 1.82) is 0 Å². The van der Waals surface area contributed by atoms with E-state index in [-0.39, 0.29) is 6.23 Å². The van der Waals surface area contributed by atoms with E-state index in [1.165, 1.54) is 18.4 Å². The van der Waals surface area contributed by atoms with E-state index in [4.69, 9.17) is 4.74 Å². The highest BCUT2D eigenvalue weighted by Gasteiger charge is 2.18. The number of nitrogens with zero attached hydrogens (tertiary/aromatic N) is 2. The van der Waals surface area contributed by atoms with Gasteiger partial charge in [0, 0.05) is 16.5 Å². The number of fused-ring (bicyclic) bond motifs is 1. The molecule has 4 heteroatoms. The molecule has 17 heavy (non-hydrogen) atoms. The van der Waals surface area contributed by atoms with Gasteiger partial charge in [0.15, 0.2) is 6.23 Å². The number of halogens is 1. The molecular weight excluding hydrogens is 280 g/mol. The number of benzene rings is 1. The first-order chi connectivity index (χ1) is 8.25. The highest BCUT2D eigenvalue weighted by atomic mass is 79.9. The summed E-state index contributed by atoms with van der Waals surface area (Å²) in [7, 11) is 0. The predicted molar refractivity (Wildman–Crippen MR) is 71.0 cm³/mol. The molecule has 0 radical (unpaired) electrons. The van der Waals surface area contributed by atoms with Crippen LogP contribution >= 0.6 is 15.9 Å². The lowest BCUT2D eigenvalue weighted by atomic mass is 10.1. The molecule has 0 aliphatic carbocycles. The molecule has 3 nitrogen and oxygen atoms in total. The molecule has 90 valence electrons. The van der Waals surface area contributed by atoms with Crippen LogP contribution in [0, 0.1) is 6.92 Å². The topological polar surface area (TPSA) is 27.1 Å². The van der Waals surface area contributed by atoms with Crippen LogP contribution in [-0.2, 0) is 4.74 Å². The number of rotatable bonds is 1. The van der Waals surface area contributed by atoms with Gasteiger partial charge in [-0.1, -0.05) is 15.9 Å². The van der Waals surface area contributed by atoms with Gasteiger partial charge in [0.25, 0.3) is 0 Å². The van der Waals surface area contributed by atoms with E-state index < -0.39 is 0 Å². The molecule has 0 unspecified atom stereocenters. The van der Waals surface area contributed by atoms with Gasteiger partial charge < -0.3 is 4.74 Å². The second-order valence-electron chi connectivity index (χ2n) is 4.57. The highest BCUT2D eigenvalue weighted by Crippen LogP contribution is 2.29. The molecule has 1 saturated heterocycles. The molecule has 2 aromatic rings. The zero-order chi connectivity index (χ0) is 11.8. The third-order valence-electron chi connectivity index (χ3n) is 3.30. The fourth-order valence-corrected chi connectivity index (χ4v) is 2.68. The molecule has 1 atom stereocenters. The molecule has 1 aliphatic heterocycles. The monoisotopic (exact) mass is 294 g/mol. The zero-order valence-electron chi connectivity index (χ0n) is 9.82. The van der Waals surface area contributed by atoms with E-state index in [9.17, 15) is 0 Å². The molecule has 1 aromatic heterocycles. The second kappa shape index (κ2) is 4.42. The predicted octanol–water partition coefficient (Wildman–Crippen LogP) is 3.81. The number of ether oxygens (including phenoxy) is 1. The van der Waals surface area contributed by atoms with E-state index in [2.05, 4.69) is 40.1 Å². The number of hydrogen-bond acceptors (Lipinski definition) is 2. The maximum Gasteiger partial charge on any atom is 0.150 e. The largest absolute Gasteiger partial charge is 0.356 e. The summed E-state index contributed by atoms with van der Waals surface area (Å²) in [5.74, 6) is 0. The summed E-state index contributed by atoms with van der Waals surface area (Å²) in [5.41, 5.74) is 2.40. The number of hydrogen-bond donors (Lipinski definition) is 0. The summed E-state index contributed by atoms with van der Waals surface area (Å²) < 4.78 is 8.94. The third-order valence-corrected chi connectivity index (χ3v) is 4.16. The van der Waals surface area contributed by atoms with Gasteiger partial charge in [-0.15, -0.1) is 0 Å². The molecule has 0 spiro atoms. The quantitative estimate of drug-likeness (QED) is 0.800. The Bertz CT molecular complexity index is 544. The van der Waals surface area contributed by atoms with Crippen LogP contribution in [-0.4, -0.2) is 16.4 Å². The van der Waals surface area contributed by atoms with Crippen LogP contribution < -0.4 is 0 Å². The Kier molecular flexibility index (Phi) is 2.92. The van der Waals surface area contributed by atoms with E-state index >= 15 is 0 Å². The molecule has 1 aromatic carbocycles. The van der Waals surface area contributed by atoms with Gasteiger partial charge in [0.2, 0.25) is 0 Å². The number of aryl methyl sites for hydroxylation is 1. The molecule has 1 fully saturated rings. The Hall–Kier alpha value is -0.870. The van der Waals surface area contributed by atoms with E-state index in [0.717, 1.165) is 28.4 Å². The first-order valence-electron chi connectivity index (χ1n) is 6.00. The molecule has 0 N–H and O–H groups in total. The Morgan fingerprint density at radius 1 is 1.41 bits per heavy atom. The van der Waals surface area contributed by atoms with Crippen LogP contribution in [0.4, 0.5) is 0 Å². The normalized spacial score (nSPS) is 20.9. The minimum atomic E-state index is 0.113. The van der Waals surface area contributed by atoms with Crippen LogP contribution in [0.15, 0.2) is 22.8 Å². The van der Waals surface area contributed by atoms with Gasteiger partial charge in [-0.25, -0.2) is 4.68 Å². The van der Waals surface area contributed by atoms with Crippen LogP contribution in [0.3, 0.4) is 0 Å². The van der Waals surface area contributed by atoms with Crippen molar-refractivity contribution >= 4 is 26.8 Å². The van der Waals surface area contributed by atoms with Gasteiger partial charge in [0.1, 0.15) is 0 Å². The van der Waals surface area contributed by atoms with Crippen LogP contribution in [0.5, 0.6) is 0 Å². The summed E-state index contributed by atoms with van der Waals surface area (Å²) in [6.07, 6.45) is 5.48. The molecule has 0 bridgehead atoms. The summed E-state index contributed by atoms with van der Waals surface area (Å²) >= 11 is 3.55. The lowest BCUT2D eigenvalue weighted by Gasteiger charge is -2.23. The fraction of sp³-hybridized carbons (Fsp3) is 0.462. The Morgan fingerprint density at radius 3 is 3.06 bits per heavy atom. The Morgan fingerprint density at radius 2 is 2.29 bits per heavy atom. The van der Waals surface area contributed by atoms with Gasteiger partial charge >= 0.3 is 0 Å². The van der Waals surface area contributed by atoms with E-state index in [0.29, 0.717) is 0 Å². The third kappa shape index (κ3) is 2.00. The standard InChI is InChI=1S/C13H15BrN2O/c1-9-6-12-10(7-11(9)14)8-15-16(12)13-4-2-3-5-17-13/h6-8,13H,2-5H2,1H3/t13-/m1/s1. The lowest BCUT2D eigenvalue weighted by Crippen LogP contribution is -2.18. The summed E-state index contributed by atoms with van der Waals surface area (Å²) in [5, 5.41) is 5.64. The van der Waals surface area contributed by atoms with Gasteiger partial charge in [-0.3, -0.25) is 0 Å². The SMILES string of the molecule is Cc1cc2c(cnn2[C@H]2CCCCO2)cc1Br. The zero-order valence-corrected chi connectivity index (χ0v) is 11.4. The van der Waals surface area contributed by atoms with Crippen molar-refractivity contribution in [2.75, 3.05) is 6.61 Å². The van der Waals surface area contributed by atoms with Gasteiger partial charge in [-0.2, -0.15) is 5.10 Å². The molecular formula is C13H15BrN2O.